The standard InChI is InChI=1S/C13H13N3O2/c14-4-3-13-16-11(7-18-13)8-1-2-10-9(5-8)6-12(17)15-10/h1-2,5,7H,3-4,6,14H2,(H,15,17). The monoisotopic (exact) mass is 243 g/mol. The van der Waals surface area contributed by atoms with Crippen molar-refractivity contribution in [2.75, 3.05) is 11.9 Å². The van der Waals surface area contributed by atoms with Crippen molar-refractivity contribution in [2.24, 2.45) is 5.73 Å². The third-order valence-electron chi connectivity index (χ3n) is 2.94. The van der Waals surface area contributed by atoms with Gasteiger partial charge in [0.1, 0.15) is 12.0 Å². The topological polar surface area (TPSA) is 81.1 Å². The molecule has 92 valence electrons. The molecule has 18 heavy (non-hydrogen) atoms. The van der Waals surface area contributed by atoms with Crippen LogP contribution in [-0.2, 0) is 17.6 Å². The molecule has 0 saturated heterocycles. The fourth-order valence-electron chi connectivity index (χ4n) is 2.07. The molecule has 2 aromatic rings. The minimum atomic E-state index is 0.0334. The molecular weight excluding hydrogens is 230 g/mol. The highest BCUT2D eigenvalue weighted by molar-refractivity contribution is 5.99. The maximum atomic E-state index is 11.3. The lowest BCUT2D eigenvalue weighted by atomic mass is 10.1. The highest BCUT2D eigenvalue weighted by Gasteiger charge is 2.18. The van der Waals surface area contributed by atoms with Gasteiger partial charge in [0.2, 0.25) is 5.91 Å². The Labute approximate surface area is 104 Å². The van der Waals surface area contributed by atoms with E-state index in [9.17, 15) is 4.79 Å². The van der Waals surface area contributed by atoms with Gasteiger partial charge in [-0.1, -0.05) is 6.07 Å². The lowest BCUT2D eigenvalue weighted by Gasteiger charge is -2.00. The van der Waals surface area contributed by atoms with Gasteiger partial charge in [-0.05, 0) is 17.7 Å². The maximum absolute atomic E-state index is 11.3. The molecule has 0 radical (unpaired) electrons. The number of hydrogen-bond donors (Lipinski definition) is 2. The molecule has 0 atom stereocenters. The van der Waals surface area contributed by atoms with Crippen LogP contribution in [0.15, 0.2) is 28.9 Å². The molecule has 1 aromatic heterocycles. The van der Waals surface area contributed by atoms with E-state index in [4.69, 9.17) is 10.2 Å². The van der Waals surface area contributed by atoms with Crippen molar-refractivity contribution in [3.05, 3.63) is 35.9 Å². The third kappa shape index (κ3) is 1.89. The first-order valence-corrected chi connectivity index (χ1v) is 5.84. The van der Waals surface area contributed by atoms with Gasteiger partial charge in [0.25, 0.3) is 0 Å². The summed E-state index contributed by atoms with van der Waals surface area (Å²) in [5.74, 6) is 0.674. The number of rotatable bonds is 3. The molecule has 0 aliphatic carbocycles. The second-order valence-corrected chi connectivity index (χ2v) is 4.26. The predicted molar refractivity (Wildman–Crippen MR) is 67.0 cm³/mol. The van der Waals surface area contributed by atoms with Gasteiger partial charge < -0.3 is 15.5 Å². The Balaban J connectivity index is 1.92. The van der Waals surface area contributed by atoms with E-state index in [1.807, 2.05) is 18.2 Å². The average Bonchev–Trinajstić information content (AvgIpc) is 2.93. The summed E-state index contributed by atoms with van der Waals surface area (Å²) in [6.45, 7) is 0.516. The lowest BCUT2D eigenvalue weighted by Crippen LogP contribution is -2.03. The van der Waals surface area contributed by atoms with E-state index in [1.165, 1.54) is 0 Å². The molecule has 1 amide bonds. The first kappa shape index (κ1) is 11.0. The quantitative estimate of drug-likeness (QED) is 0.852. The Morgan fingerprint density at radius 1 is 1.44 bits per heavy atom. The number of aromatic nitrogens is 1. The number of carbonyl (C=O) groups excluding carboxylic acids is 1. The molecular formula is C13H13N3O2. The second-order valence-electron chi connectivity index (χ2n) is 4.26. The Morgan fingerprint density at radius 3 is 3.17 bits per heavy atom. The molecule has 0 saturated carbocycles. The zero-order valence-electron chi connectivity index (χ0n) is 9.77. The number of nitrogens with one attached hydrogen (secondary N) is 1. The minimum absolute atomic E-state index is 0.0334. The van der Waals surface area contributed by atoms with Gasteiger partial charge in [0.15, 0.2) is 5.89 Å². The van der Waals surface area contributed by atoms with Gasteiger partial charge in [-0.15, -0.1) is 0 Å². The minimum Gasteiger partial charge on any atom is -0.448 e. The molecule has 1 aliphatic rings. The van der Waals surface area contributed by atoms with Gasteiger partial charge in [-0.3, -0.25) is 4.79 Å². The van der Waals surface area contributed by atoms with Crippen LogP contribution in [0, 0.1) is 0 Å². The highest BCUT2D eigenvalue weighted by Crippen LogP contribution is 2.28. The number of amides is 1. The molecule has 0 fully saturated rings. The summed E-state index contributed by atoms with van der Waals surface area (Å²) in [5.41, 5.74) is 9.07. The van der Waals surface area contributed by atoms with Crippen molar-refractivity contribution in [1.82, 2.24) is 4.98 Å². The summed E-state index contributed by atoms with van der Waals surface area (Å²) < 4.78 is 5.33. The van der Waals surface area contributed by atoms with Crippen molar-refractivity contribution in [3.8, 4) is 11.3 Å². The largest absolute Gasteiger partial charge is 0.448 e. The van der Waals surface area contributed by atoms with Crippen LogP contribution in [0.25, 0.3) is 11.3 Å². The smallest absolute Gasteiger partial charge is 0.228 e. The third-order valence-corrected chi connectivity index (χ3v) is 2.94. The number of anilines is 1. The molecule has 0 unspecified atom stereocenters. The summed E-state index contributed by atoms with van der Waals surface area (Å²) in [6.07, 6.45) is 2.68. The number of fused-ring (bicyclic) bond motifs is 1. The molecule has 3 rings (SSSR count). The van der Waals surface area contributed by atoms with Crippen molar-refractivity contribution < 1.29 is 9.21 Å². The lowest BCUT2D eigenvalue weighted by molar-refractivity contribution is -0.115. The van der Waals surface area contributed by atoms with Crippen LogP contribution in [0.1, 0.15) is 11.5 Å². The zero-order chi connectivity index (χ0) is 12.5. The molecule has 0 spiro atoms. The summed E-state index contributed by atoms with van der Waals surface area (Å²) in [4.78, 5) is 15.6. The van der Waals surface area contributed by atoms with Crippen LogP contribution in [0.2, 0.25) is 0 Å². The molecule has 5 heteroatoms. The Bertz CT molecular complexity index is 604. The Morgan fingerprint density at radius 2 is 2.33 bits per heavy atom. The Hall–Kier alpha value is -2.14. The normalized spacial score (nSPS) is 13.5. The van der Waals surface area contributed by atoms with E-state index in [0.717, 1.165) is 22.5 Å². The van der Waals surface area contributed by atoms with E-state index >= 15 is 0 Å². The first-order valence-electron chi connectivity index (χ1n) is 5.84. The van der Waals surface area contributed by atoms with Crippen LogP contribution in [-0.4, -0.2) is 17.4 Å². The van der Waals surface area contributed by atoms with Gasteiger partial charge >= 0.3 is 0 Å². The van der Waals surface area contributed by atoms with E-state index < -0.39 is 0 Å². The molecule has 0 bridgehead atoms. The van der Waals surface area contributed by atoms with Crippen LogP contribution in [0.5, 0.6) is 0 Å². The van der Waals surface area contributed by atoms with Gasteiger partial charge in [-0.25, -0.2) is 4.98 Å². The van der Waals surface area contributed by atoms with Gasteiger partial charge in [0.05, 0.1) is 6.42 Å². The number of carbonyl (C=O) groups is 1. The first-order chi connectivity index (χ1) is 8.76. The van der Waals surface area contributed by atoms with Crippen molar-refractivity contribution >= 4 is 11.6 Å². The summed E-state index contributed by atoms with van der Waals surface area (Å²) >= 11 is 0. The van der Waals surface area contributed by atoms with Gasteiger partial charge in [-0.2, -0.15) is 0 Å². The Kier molecular flexibility index (Phi) is 2.60. The fourth-order valence-corrected chi connectivity index (χ4v) is 2.07. The van der Waals surface area contributed by atoms with E-state index in [1.54, 1.807) is 6.26 Å². The maximum Gasteiger partial charge on any atom is 0.228 e. The van der Waals surface area contributed by atoms with Crippen molar-refractivity contribution in [1.29, 1.82) is 0 Å². The van der Waals surface area contributed by atoms with E-state index in [2.05, 4.69) is 10.3 Å². The van der Waals surface area contributed by atoms with Crippen molar-refractivity contribution in [3.63, 3.8) is 0 Å². The van der Waals surface area contributed by atoms with Crippen LogP contribution in [0.3, 0.4) is 0 Å². The zero-order valence-corrected chi connectivity index (χ0v) is 9.77. The average molecular weight is 243 g/mol. The number of nitrogens with zero attached hydrogens (tertiary/aromatic N) is 1. The molecule has 1 aliphatic heterocycles. The summed E-state index contributed by atoms with van der Waals surface area (Å²) in [5, 5.41) is 2.80. The number of hydrogen-bond acceptors (Lipinski definition) is 4. The summed E-state index contributed by atoms with van der Waals surface area (Å²) in [6, 6.07) is 5.79. The molecule has 2 heterocycles. The van der Waals surface area contributed by atoms with Crippen LogP contribution >= 0.6 is 0 Å². The SMILES string of the molecule is NCCc1nc(-c2ccc3c(c2)CC(=O)N3)co1. The van der Waals surface area contributed by atoms with Gasteiger partial charge in [0, 0.05) is 24.2 Å². The predicted octanol–water partition coefficient (Wildman–Crippen LogP) is 1.34. The summed E-state index contributed by atoms with van der Waals surface area (Å²) in [7, 11) is 0. The van der Waals surface area contributed by atoms with Crippen LogP contribution in [0.4, 0.5) is 5.69 Å². The molecule has 5 nitrogen and oxygen atoms in total. The fraction of sp³-hybridized carbons (Fsp3) is 0.231. The van der Waals surface area contributed by atoms with E-state index in [0.29, 0.717) is 25.3 Å². The number of oxazole rings is 1. The van der Waals surface area contributed by atoms with Crippen LogP contribution < -0.4 is 11.1 Å². The second kappa shape index (κ2) is 4.27. The highest BCUT2D eigenvalue weighted by atomic mass is 16.3. The molecule has 1 aromatic carbocycles. The van der Waals surface area contributed by atoms with E-state index in [-0.39, 0.29) is 5.91 Å². The number of nitrogens with two attached hydrogens (primary N) is 1. The van der Waals surface area contributed by atoms with Crippen molar-refractivity contribution in [2.45, 2.75) is 12.8 Å². The number of benzene rings is 1. The molecule has 3 N–H and O–H groups in total.